The molecule has 3 aromatic rings. The molecule has 0 atom stereocenters. The summed E-state index contributed by atoms with van der Waals surface area (Å²) in [5.74, 6) is -0.532. The zero-order valence-electron chi connectivity index (χ0n) is 18.7. The quantitative estimate of drug-likeness (QED) is 0.430. The summed E-state index contributed by atoms with van der Waals surface area (Å²) in [5.41, 5.74) is 7.34. The van der Waals surface area contributed by atoms with Crippen molar-refractivity contribution in [1.29, 1.82) is 0 Å². The van der Waals surface area contributed by atoms with Crippen LogP contribution in [0.25, 0.3) is 0 Å². The smallest absolute Gasteiger partial charge is 0.264 e. The van der Waals surface area contributed by atoms with Crippen molar-refractivity contribution in [3.63, 3.8) is 0 Å². The molecule has 1 amide bonds. The van der Waals surface area contributed by atoms with Crippen LogP contribution >= 0.6 is 0 Å². The fourth-order valence-corrected chi connectivity index (χ4v) is 4.78. The third-order valence-electron chi connectivity index (χ3n) is 5.06. The fraction of sp³-hybridized carbons (Fsp3) is 0.200. The summed E-state index contributed by atoms with van der Waals surface area (Å²) in [4.78, 5) is 12.9. The molecule has 0 heterocycles. The van der Waals surface area contributed by atoms with Crippen LogP contribution < -0.4 is 9.73 Å². The topological polar surface area (TPSA) is 78.8 Å². The molecule has 0 aromatic heterocycles. The van der Waals surface area contributed by atoms with Gasteiger partial charge in [0.25, 0.3) is 15.9 Å². The third kappa shape index (κ3) is 5.42. The van der Waals surface area contributed by atoms with Crippen molar-refractivity contribution in [3.8, 4) is 0 Å². The van der Waals surface area contributed by atoms with Gasteiger partial charge in [0.2, 0.25) is 0 Å². The lowest BCUT2D eigenvalue weighted by atomic mass is 10.1. The molecule has 0 spiro atoms. The number of benzene rings is 3. The van der Waals surface area contributed by atoms with Gasteiger partial charge in [-0.25, -0.2) is 13.8 Å². The van der Waals surface area contributed by atoms with Gasteiger partial charge >= 0.3 is 0 Å². The molecule has 0 radical (unpaired) electrons. The van der Waals surface area contributed by atoms with E-state index in [2.05, 4.69) is 10.5 Å². The van der Waals surface area contributed by atoms with Crippen LogP contribution in [0.15, 0.2) is 82.8 Å². The maximum atomic E-state index is 13.4. The van der Waals surface area contributed by atoms with Crippen LogP contribution in [0.5, 0.6) is 0 Å². The van der Waals surface area contributed by atoms with Crippen molar-refractivity contribution < 1.29 is 13.2 Å². The van der Waals surface area contributed by atoms with Crippen molar-refractivity contribution in [2.45, 2.75) is 32.6 Å². The number of carbonyl (C=O) groups excluding carboxylic acids is 1. The van der Waals surface area contributed by atoms with Crippen molar-refractivity contribution >= 4 is 27.3 Å². The fourth-order valence-electron chi connectivity index (χ4n) is 3.28. The molecule has 0 aliphatic carbocycles. The largest absolute Gasteiger partial charge is 0.271 e. The number of hydrogen-bond acceptors (Lipinski definition) is 4. The Morgan fingerprint density at radius 1 is 0.906 bits per heavy atom. The molecule has 0 saturated carbocycles. The van der Waals surface area contributed by atoms with Crippen molar-refractivity contribution in [2.75, 3.05) is 10.8 Å². The summed E-state index contributed by atoms with van der Waals surface area (Å²) >= 11 is 0. The SMILES string of the molecule is C/C(=N/NC(=O)CN(c1ccc(C)cc1C)S(=O)(=O)c1ccccc1)c1ccc(C)cc1. The Bertz CT molecular complexity index is 1240. The summed E-state index contributed by atoms with van der Waals surface area (Å²) < 4.78 is 27.9. The molecule has 166 valence electrons. The number of anilines is 1. The Balaban J connectivity index is 1.89. The molecule has 3 aromatic carbocycles. The van der Waals surface area contributed by atoms with Gasteiger partial charge in [0.05, 0.1) is 16.3 Å². The molecule has 0 bridgehead atoms. The summed E-state index contributed by atoms with van der Waals surface area (Å²) in [7, 11) is -3.96. The first-order chi connectivity index (χ1) is 15.2. The van der Waals surface area contributed by atoms with Gasteiger partial charge in [0.15, 0.2) is 0 Å². The van der Waals surface area contributed by atoms with E-state index in [4.69, 9.17) is 0 Å². The highest BCUT2D eigenvalue weighted by molar-refractivity contribution is 7.92. The number of sulfonamides is 1. The van der Waals surface area contributed by atoms with Crippen molar-refractivity contribution in [2.24, 2.45) is 5.10 Å². The number of hydrogen-bond donors (Lipinski definition) is 1. The van der Waals surface area contributed by atoms with Gasteiger partial charge in [0.1, 0.15) is 6.54 Å². The van der Waals surface area contributed by atoms with E-state index in [1.54, 1.807) is 31.2 Å². The Morgan fingerprint density at radius 3 is 2.16 bits per heavy atom. The van der Waals surface area contributed by atoms with Crippen LogP contribution in [0.1, 0.15) is 29.2 Å². The van der Waals surface area contributed by atoms with Gasteiger partial charge in [-0.3, -0.25) is 9.10 Å². The number of aryl methyl sites for hydroxylation is 3. The van der Waals surface area contributed by atoms with Crippen LogP contribution in [0.2, 0.25) is 0 Å². The highest BCUT2D eigenvalue weighted by atomic mass is 32.2. The van der Waals surface area contributed by atoms with Gasteiger partial charge in [-0.15, -0.1) is 0 Å². The lowest BCUT2D eigenvalue weighted by Crippen LogP contribution is -2.40. The van der Waals surface area contributed by atoms with E-state index in [0.29, 0.717) is 11.4 Å². The van der Waals surface area contributed by atoms with E-state index in [0.717, 1.165) is 26.6 Å². The van der Waals surface area contributed by atoms with Gasteiger partial charge in [-0.05, 0) is 57.0 Å². The molecule has 1 N–H and O–H groups in total. The van der Waals surface area contributed by atoms with Crippen LogP contribution in [-0.4, -0.2) is 26.6 Å². The molecule has 0 aliphatic heterocycles. The minimum atomic E-state index is -3.96. The average molecular weight is 450 g/mol. The highest BCUT2D eigenvalue weighted by Gasteiger charge is 2.28. The van der Waals surface area contributed by atoms with Gasteiger partial charge < -0.3 is 0 Å². The maximum absolute atomic E-state index is 13.4. The Labute approximate surface area is 189 Å². The Kier molecular flexibility index (Phi) is 7.10. The van der Waals surface area contributed by atoms with E-state index < -0.39 is 22.5 Å². The summed E-state index contributed by atoms with van der Waals surface area (Å²) in [5, 5.41) is 4.16. The van der Waals surface area contributed by atoms with Gasteiger partial charge in [-0.1, -0.05) is 65.7 Å². The van der Waals surface area contributed by atoms with Crippen LogP contribution in [0.4, 0.5) is 5.69 Å². The number of hydrazone groups is 1. The van der Waals surface area contributed by atoms with E-state index in [9.17, 15) is 13.2 Å². The molecule has 6 nitrogen and oxygen atoms in total. The Hall–Kier alpha value is -3.45. The minimum Gasteiger partial charge on any atom is -0.271 e. The molecule has 0 saturated heterocycles. The first-order valence-electron chi connectivity index (χ1n) is 10.2. The second-order valence-electron chi connectivity index (χ2n) is 7.71. The number of amides is 1. The first kappa shape index (κ1) is 23.2. The van der Waals surface area contributed by atoms with E-state index in [1.165, 1.54) is 12.1 Å². The highest BCUT2D eigenvalue weighted by Crippen LogP contribution is 2.27. The van der Waals surface area contributed by atoms with E-state index in [-0.39, 0.29) is 4.90 Å². The van der Waals surface area contributed by atoms with Gasteiger partial charge in [-0.2, -0.15) is 5.10 Å². The molecule has 0 fully saturated rings. The van der Waals surface area contributed by atoms with Crippen molar-refractivity contribution in [3.05, 3.63) is 95.1 Å². The second kappa shape index (κ2) is 9.78. The molecule has 0 unspecified atom stereocenters. The van der Waals surface area contributed by atoms with Crippen LogP contribution in [0.3, 0.4) is 0 Å². The summed E-state index contributed by atoms with van der Waals surface area (Å²) in [6.07, 6.45) is 0. The second-order valence-corrected chi connectivity index (χ2v) is 9.58. The lowest BCUT2D eigenvalue weighted by molar-refractivity contribution is -0.119. The zero-order chi connectivity index (χ0) is 23.3. The monoisotopic (exact) mass is 449 g/mol. The van der Waals surface area contributed by atoms with Crippen LogP contribution in [0, 0.1) is 20.8 Å². The summed E-state index contributed by atoms with van der Waals surface area (Å²) in [6.45, 7) is 7.14. The number of rotatable bonds is 7. The third-order valence-corrected chi connectivity index (χ3v) is 6.83. The molecule has 7 heteroatoms. The molecule has 0 aliphatic rings. The molecular formula is C25H27N3O3S. The first-order valence-corrected chi connectivity index (χ1v) is 11.7. The molecular weight excluding hydrogens is 422 g/mol. The molecule has 32 heavy (non-hydrogen) atoms. The normalized spacial score (nSPS) is 11.8. The van der Waals surface area contributed by atoms with Crippen LogP contribution in [-0.2, 0) is 14.8 Å². The maximum Gasteiger partial charge on any atom is 0.264 e. The number of carbonyl (C=O) groups is 1. The predicted molar refractivity (Wildman–Crippen MR) is 128 cm³/mol. The minimum absolute atomic E-state index is 0.118. The number of nitrogens with zero attached hydrogens (tertiary/aromatic N) is 2. The number of nitrogens with one attached hydrogen (secondary N) is 1. The summed E-state index contributed by atoms with van der Waals surface area (Å²) in [6, 6.07) is 21.3. The van der Waals surface area contributed by atoms with Crippen molar-refractivity contribution in [1.82, 2.24) is 5.43 Å². The molecule has 3 rings (SSSR count). The standard InChI is InChI=1S/C25H27N3O3S/c1-18-10-13-22(14-11-18)21(4)26-27-25(29)17-28(24-15-12-19(2)16-20(24)3)32(30,31)23-8-6-5-7-9-23/h5-16H,17H2,1-4H3,(H,27,29)/b26-21-. The lowest BCUT2D eigenvalue weighted by Gasteiger charge is -2.25. The average Bonchev–Trinajstić information content (AvgIpc) is 2.77. The van der Waals surface area contributed by atoms with E-state index >= 15 is 0 Å². The predicted octanol–water partition coefficient (Wildman–Crippen LogP) is 4.35. The van der Waals surface area contributed by atoms with E-state index in [1.807, 2.05) is 57.2 Å². The Morgan fingerprint density at radius 2 is 1.53 bits per heavy atom. The zero-order valence-corrected chi connectivity index (χ0v) is 19.5. The van der Waals surface area contributed by atoms with Gasteiger partial charge in [0, 0.05) is 0 Å².